The summed E-state index contributed by atoms with van der Waals surface area (Å²) in [6.07, 6.45) is 2.41. The summed E-state index contributed by atoms with van der Waals surface area (Å²) >= 11 is 5.81. The van der Waals surface area contributed by atoms with Crippen LogP contribution < -0.4 is 5.32 Å². The summed E-state index contributed by atoms with van der Waals surface area (Å²) in [6, 6.07) is 13.7. The first-order chi connectivity index (χ1) is 10.6. The molecule has 0 unspecified atom stereocenters. The van der Waals surface area contributed by atoms with Crippen LogP contribution in [0.4, 0.5) is 0 Å². The highest BCUT2D eigenvalue weighted by Crippen LogP contribution is 2.08. The van der Waals surface area contributed by atoms with Gasteiger partial charge in [0.1, 0.15) is 5.15 Å². The van der Waals surface area contributed by atoms with Gasteiger partial charge in [0.15, 0.2) is 0 Å². The number of nitrogens with zero attached hydrogens (tertiary/aromatic N) is 2. The van der Waals surface area contributed by atoms with E-state index in [0.29, 0.717) is 17.3 Å². The molecule has 0 saturated heterocycles. The highest BCUT2D eigenvalue weighted by atomic mass is 35.5. The Morgan fingerprint density at radius 3 is 2.64 bits per heavy atom. The van der Waals surface area contributed by atoms with Gasteiger partial charge >= 0.3 is 0 Å². The Morgan fingerprint density at radius 2 is 2.00 bits per heavy atom. The van der Waals surface area contributed by atoms with E-state index in [2.05, 4.69) is 27.3 Å². The molecule has 1 aromatic heterocycles. The second-order valence-electron chi connectivity index (χ2n) is 5.38. The second kappa shape index (κ2) is 7.92. The largest absolute Gasteiger partial charge is 0.350 e. The van der Waals surface area contributed by atoms with Gasteiger partial charge in [0.25, 0.3) is 5.91 Å². The Kier molecular flexibility index (Phi) is 5.92. The number of nitrogens with one attached hydrogen (secondary N) is 1. The van der Waals surface area contributed by atoms with Crippen LogP contribution in [0.1, 0.15) is 15.9 Å². The molecule has 1 heterocycles. The van der Waals surface area contributed by atoms with Gasteiger partial charge in [-0.1, -0.05) is 41.9 Å². The van der Waals surface area contributed by atoms with Gasteiger partial charge in [0.05, 0.1) is 0 Å². The zero-order valence-electron chi connectivity index (χ0n) is 12.8. The molecule has 1 amide bonds. The van der Waals surface area contributed by atoms with E-state index >= 15 is 0 Å². The number of rotatable bonds is 6. The van der Waals surface area contributed by atoms with Crippen LogP contribution in [-0.4, -0.2) is 42.5 Å². The number of carbonyl (C=O) groups is 1. The highest BCUT2D eigenvalue weighted by Gasteiger charge is 2.14. The number of amides is 1. The molecule has 2 aromatic rings. The summed E-state index contributed by atoms with van der Waals surface area (Å²) in [5, 5.41) is 3.28. The molecule has 0 fully saturated rings. The van der Waals surface area contributed by atoms with Crippen LogP contribution in [0.15, 0.2) is 48.7 Å². The first kappa shape index (κ1) is 16.5. The van der Waals surface area contributed by atoms with Crippen molar-refractivity contribution in [3.8, 4) is 0 Å². The Balaban J connectivity index is 1.96. The molecule has 0 aliphatic rings. The van der Waals surface area contributed by atoms with E-state index in [-0.39, 0.29) is 11.9 Å². The predicted molar refractivity (Wildman–Crippen MR) is 89.2 cm³/mol. The van der Waals surface area contributed by atoms with Crippen molar-refractivity contribution in [1.82, 2.24) is 15.2 Å². The molecule has 4 nitrogen and oxygen atoms in total. The topological polar surface area (TPSA) is 45.2 Å². The van der Waals surface area contributed by atoms with Crippen LogP contribution in [0.25, 0.3) is 0 Å². The first-order valence-electron chi connectivity index (χ1n) is 7.16. The molecule has 0 saturated carbocycles. The lowest BCUT2D eigenvalue weighted by molar-refractivity contribution is 0.0941. The molecule has 116 valence electrons. The van der Waals surface area contributed by atoms with Crippen molar-refractivity contribution in [3.05, 3.63) is 64.9 Å². The predicted octanol–water partition coefficient (Wildman–Crippen LogP) is 2.64. The van der Waals surface area contributed by atoms with E-state index < -0.39 is 0 Å². The summed E-state index contributed by atoms with van der Waals surface area (Å²) in [6.45, 7) is 0.570. The molecular weight excluding hydrogens is 298 g/mol. The Bertz CT molecular complexity index is 616. The third-order valence-electron chi connectivity index (χ3n) is 3.53. The minimum atomic E-state index is -0.135. The maximum Gasteiger partial charge on any atom is 0.251 e. The normalized spacial score (nSPS) is 12.2. The Morgan fingerprint density at radius 1 is 1.27 bits per heavy atom. The quantitative estimate of drug-likeness (QED) is 0.833. The average molecular weight is 318 g/mol. The summed E-state index contributed by atoms with van der Waals surface area (Å²) in [7, 11) is 4.03. The van der Waals surface area contributed by atoms with Gasteiger partial charge in [0, 0.05) is 24.3 Å². The highest BCUT2D eigenvalue weighted by molar-refractivity contribution is 6.29. The molecule has 1 N–H and O–H groups in total. The number of benzene rings is 1. The van der Waals surface area contributed by atoms with Gasteiger partial charge in [-0.2, -0.15) is 0 Å². The van der Waals surface area contributed by atoms with E-state index in [1.165, 1.54) is 11.8 Å². The van der Waals surface area contributed by atoms with Crippen molar-refractivity contribution in [2.45, 2.75) is 12.5 Å². The smallest absolute Gasteiger partial charge is 0.251 e. The van der Waals surface area contributed by atoms with Crippen LogP contribution in [-0.2, 0) is 6.42 Å². The zero-order chi connectivity index (χ0) is 15.9. The molecule has 0 bridgehead atoms. The number of hydrogen-bond acceptors (Lipinski definition) is 3. The average Bonchev–Trinajstić information content (AvgIpc) is 2.51. The number of halogens is 1. The summed E-state index contributed by atoms with van der Waals surface area (Å²) in [5.74, 6) is -0.135. The third kappa shape index (κ3) is 4.83. The lowest BCUT2D eigenvalue weighted by Crippen LogP contribution is -2.41. The standard InChI is InChI=1S/C17H20ClN3O/c1-21(2)15(10-13-6-4-3-5-7-13)12-20-17(22)14-8-9-19-16(18)11-14/h3-9,11,15H,10,12H2,1-2H3,(H,20,22)/t15-/m1/s1. The van der Waals surface area contributed by atoms with E-state index in [1.54, 1.807) is 12.1 Å². The molecule has 22 heavy (non-hydrogen) atoms. The molecule has 0 aliphatic carbocycles. The lowest BCUT2D eigenvalue weighted by Gasteiger charge is -2.24. The molecule has 2 rings (SSSR count). The van der Waals surface area contributed by atoms with E-state index in [9.17, 15) is 4.79 Å². The Hall–Kier alpha value is -1.91. The van der Waals surface area contributed by atoms with Gasteiger partial charge in [-0.3, -0.25) is 4.79 Å². The number of pyridine rings is 1. The molecule has 0 aliphatic heterocycles. The van der Waals surface area contributed by atoms with Gasteiger partial charge in [-0.25, -0.2) is 4.98 Å². The molecule has 1 aromatic carbocycles. The maximum absolute atomic E-state index is 12.2. The fourth-order valence-corrected chi connectivity index (χ4v) is 2.35. The van der Waals surface area contributed by atoms with Crippen LogP contribution in [0.3, 0.4) is 0 Å². The number of aromatic nitrogens is 1. The molecule has 1 atom stereocenters. The molecule has 0 spiro atoms. The van der Waals surface area contributed by atoms with Crippen LogP contribution >= 0.6 is 11.6 Å². The van der Waals surface area contributed by atoms with Crippen LogP contribution in [0.2, 0.25) is 5.15 Å². The van der Waals surface area contributed by atoms with Crippen molar-refractivity contribution in [3.63, 3.8) is 0 Å². The van der Waals surface area contributed by atoms with Gasteiger partial charge in [-0.05, 0) is 38.2 Å². The summed E-state index contributed by atoms with van der Waals surface area (Å²) < 4.78 is 0. The number of hydrogen-bond donors (Lipinski definition) is 1. The SMILES string of the molecule is CN(C)[C@@H](CNC(=O)c1ccnc(Cl)c1)Cc1ccccc1. The fraction of sp³-hybridized carbons (Fsp3) is 0.294. The zero-order valence-corrected chi connectivity index (χ0v) is 13.5. The molecular formula is C17H20ClN3O. The lowest BCUT2D eigenvalue weighted by atomic mass is 10.1. The summed E-state index contributed by atoms with van der Waals surface area (Å²) in [4.78, 5) is 18.2. The number of likely N-dealkylation sites (N-methyl/N-ethyl adjacent to an activating group) is 1. The number of carbonyl (C=O) groups excluding carboxylic acids is 1. The summed E-state index contributed by atoms with van der Waals surface area (Å²) in [5.41, 5.74) is 1.78. The van der Waals surface area contributed by atoms with E-state index in [4.69, 9.17) is 11.6 Å². The fourth-order valence-electron chi connectivity index (χ4n) is 2.18. The third-order valence-corrected chi connectivity index (χ3v) is 3.74. The van der Waals surface area contributed by atoms with Crippen molar-refractivity contribution in [2.75, 3.05) is 20.6 Å². The minimum Gasteiger partial charge on any atom is -0.350 e. The van der Waals surface area contributed by atoms with E-state index in [1.807, 2.05) is 32.3 Å². The minimum absolute atomic E-state index is 0.135. The molecule has 5 heteroatoms. The van der Waals surface area contributed by atoms with Gasteiger partial charge in [-0.15, -0.1) is 0 Å². The van der Waals surface area contributed by atoms with Crippen LogP contribution in [0.5, 0.6) is 0 Å². The second-order valence-corrected chi connectivity index (χ2v) is 5.77. The van der Waals surface area contributed by atoms with Crippen molar-refractivity contribution in [1.29, 1.82) is 0 Å². The van der Waals surface area contributed by atoms with Crippen LogP contribution in [0, 0.1) is 0 Å². The monoisotopic (exact) mass is 317 g/mol. The van der Waals surface area contributed by atoms with Gasteiger partial charge in [0.2, 0.25) is 0 Å². The van der Waals surface area contributed by atoms with Crippen molar-refractivity contribution >= 4 is 17.5 Å². The Labute approximate surface area is 136 Å². The molecule has 0 radical (unpaired) electrons. The first-order valence-corrected chi connectivity index (χ1v) is 7.54. The van der Waals surface area contributed by atoms with Gasteiger partial charge < -0.3 is 10.2 Å². The van der Waals surface area contributed by atoms with Crippen molar-refractivity contribution < 1.29 is 4.79 Å². The van der Waals surface area contributed by atoms with Crippen molar-refractivity contribution in [2.24, 2.45) is 0 Å². The van der Waals surface area contributed by atoms with E-state index in [0.717, 1.165) is 6.42 Å². The maximum atomic E-state index is 12.2.